The fourth-order valence-corrected chi connectivity index (χ4v) is 2.14. The number of unbranched alkanes of at least 4 members (excludes halogenated alkanes) is 6. The van der Waals surface area contributed by atoms with Gasteiger partial charge in [-0.15, -0.1) is 11.6 Å². The number of hydrogen-bond acceptors (Lipinski definition) is 1. The summed E-state index contributed by atoms with van der Waals surface area (Å²) in [4.78, 5) is 10.8. The van der Waals surface area contributed by atoms with E-state index in [0.717, 1.165) is 25.5 Å². The highest BCUT2D eigenvalue weighted by atomic mass is 35.5. The molecule has 0 fully saturated rings. The predicted octanol–water partition coefficient (Wildman–Crippen LogP) is 4.96. The topological polar surface area (TPSA) is 17.1 Å². The summed E-state index contributed by atoms with van der Waals surface area (Å²) >= 11 is 5.62. The van der Waals surface area contributed by atoms with Crippen LogP contribution in [0, 0.1) is 5.92 Å². The summed E-state index contributed by atoms with van der Waals surface area (Å²) in [5.41, 5.74) is 0. The van der Waals surface area contributed by atoms with Crippen LogP contribution >= 0.6 is 11.6 Å². The number of alkyl halides is 1. The molecule has 0 saturated heterocycles. The summed E-state index contributed by atoms with van der Waals surface area (Å²) in [5, 5.41) is 0. The van der Waals surface area contributed by atoms with Crippen molar-refractivity contribution in [3.05, 3.63) is 0 Å². The Morgan fingerprint density at radius 2 is 1.50 bits per heavy atom. The Morgan fingerprint density at radius 1 is 0.938 bits per heavy atom. The summed E-state index contributed by atoms with van der Waals surface area (Å²) in [7, 11) is 0. The minimum Gasteiger partial charge on any atom is -0.303 e. The molecule has 16 heavy (non-hydrogen) atoms. The fourth-order valence-electron chi connectivity index (χ4n) is 1.98. The molecular formula is C14H27ClO. The maximum absolute atomic E-state index is 10.8. The van der Waals surface area contributed by atoms with Crippen molar-refractivity contribution in [3.63, 3.8) is 0 Å². The molecule has 0 aromatic heterocycles. The molecule has 0 aliphatic rings. The first-order valence-electron chi connectivity index (χ1n) is 6.86. The van der Waals surface area contributed by atoms with E-state index in [-0.39, 0.29) is 5.92 Å². The standard InChI is InChI=1S/C14H27ClO/c1-2-3-4-5-6-7-8-10-14(13-16)11-9-12-15/h13-14H,2-12H2,1H3. The van der Waals surface area contributed by atoms with Gasteiger partial charge in [-0.1, -0.05) is 51.9 Å². The van der Waals surface area contributed by atoms with E-state index >= 15 is 0 Å². The molecule has 2 heteroatoms. The number of hydrogen-bond donors (Lipinski definition) is 0. The second kappa shape index (κ2) is 13.0. The van der Waals surface area contributed by atoms with E-state index in [9.17, 15) is 4.79 Å². The lowest BCUT2D eigenvalue weighted by molar-refractivity contribution is -0.111. The lowest BCUT2D eigenvalue weighted by Gasteiger charge is -2.08. The number of rotatable bonds is 12. The van der Waals surface area contributed by atoms with Crippen molar-refractivity contribution in [2.24, 2.45) is 5.92 Å². The van der Waals surface area contributed by atoms with Gasteiger partial charge in [0.25, 0.3) is 0 Å². The van der Waals surface area contributed by atoms with Gasteiger partial charge in [0, 0.05) is 11.8 Å². The SMILES string of the molecule is CCCCCCCCCC(C=O)CCCCl. The van der Waals surface area contributed by atoms with Crippen LogP contribution in [0.25, 0.3) is 0 Å². The smallest absolute Gasteiger partial charge is 0.123 e. The van der Waals surface area contributed by atoms with Crippen molar-refractivity contribution in [1.82, 2.24) is 0 Å². The molecule has 0 spiro atoms. The van der Waals surface area contributed by atoms with Crippen LogP contribution < -0.4 is 0 Å². The molecule has 0 aliphatic heterocycles. The van der Waals surface area contributed by atoms with Gasteiger partial charge in [-0.05, 0) is 19.3 Å². The van der Waals surface area contributed by atoms with Crippen LogP contribution in [0.5, 0.6) is 0 Å². The van der Waals surface area contributed by atoms with Crippen molar-refractivity contribution >= 4 is 17.9 Å². The first-order valence-corrected chi connectivity index (χ1v) is 7.39. The number of halogens is 1. The highest BCUT2D eigenvalue weighted by Gasteiger charge is 2.05. The van der Waals surface area contributed by atoms with Gasteiger partial charge in [0.1, 0.15) is 6.29 Å². The van der Waals surface area contributed by atoms with Crippen molar-refractivity contribution in [1.29, 1.82) is 0 Å². The van der Waals surface area contributed by atoms with Gasteiger partial charge in [0.15, 0.2) is 0 Å². The largest absolute Gasteiger partial charge is 0.303 e. The van der Waals surface area contributed by atoms with E-state index in [0.29, 0.717) is 5.88 Å². The van der Waals surface area contributed by atoms with Gasteiger partial charge in [0.2, 0.25) is 0 Å². The van der Waals surface area contributed by atoms with Crippen LogP contribution in [-0.4, -0.2) is 12.2 Å². The number of aldehydes is 1. The maximum atomic E-state index is 10.8. The Labute approximate surface area is 106 Å². The highest BCUT2D eigenvalue weighted by molar-refractivity contribution is 6.17. The lowest BCUT2D eigenvalue weighted by Crippen LogP contribution is -2.02. The molecule has 0 saturated carbocycles. The summed E-state index contributed by atoms with van der Waals surface area (Å²) in [6.07, 6.45) is 13.4. The molecular weight excluding hydrogens is 220 g/mol. The second-order valence-corrected chi connectivity index (χ2v) is 5.02. The van der Waals surface area contributed by atoms with E-state index in [1.165, 1.54) is 44.9 Å². The van der Waals surface area contributed by atoms with Gasteiger partial charge in [-0.2, -0.15) is 0 Å². The molecule has 0 aromatic rings. The summed E-state index contributed by atoms with van der Waals surface area (Å²) < 4.78 is 0. The van der Waals surface area contributed by atoms with Crippen LogP contribution in [0.2, 0.25) is 0 Å². The van der Waals surface area contributed by atoms with Gasteiger partial charge in [0.05, 0.1) is 0 Å². The molecule has 1 atom stereocenters. The fraction of sp³-hybridized carbons (Fsp3) is 0.929. The Balaban J connectivity index is 3.24. The molecule has 0 rings (SSSR count). The van der Waals surface area contributed by atoms with Crippen molar-refractivity contribution < 1.29 is 4.79 Å². The number of carbonyl (C=O) groups is 1. The zero-order valence-corrected chi connectivity index (χ0v) is 11.5. The minimum absolute atomic E-state index is 0.259. The normalized spacial score (nSPS) is 12.6. The van der Waals surface area contributed by atoms with Gasteiger partial charge >= 0.3 is 0 Å². The van der Waals surface area contributed by atoms with Crippen LogP contribution in [0.3, 0.4) is 0 Å². The lowest BCUT2D eigenvalue weighted by atomic mass is 9.97. The first kappa shape index (κ1) is 16.0. The second-order valence-electron chi connectivity index (χ2n) is 4.64. The zero-order chi connectivity index (χ0) is 12.1. The van der Waals surface area contributed by atoms with E-state index in [1.54, 1.807) is 0 Å². The summed E-state index contributed by atoms with van der Waals surface area (Å²) in [5.74, 6) is 0.941. The van der Waals surface area contributed by atoms with Crippen molar-refractivity contribution in [2.45, 2.75) is 71.1 Å². The van der Waals surface area contributed by atoms with Crippen LogP contribution in [0.1, 0.15) is 71.1 Å². The molecule has 0 radical (unpaired) electrons. The quantitative estimate of drug-likeness (QED) is 0.270. The van der Waals surface area contributed by atoms with Crippen LogP contribution in [0.4, 0.5) is 0 Å². The third-order valence-electron chi connectivity index (χ3n) is 3.08. The third kappa shape index (κ3) is 10.5. The van der Waals surface area contributed by atoms with E-state index < -0.39 is 0 Å². The summed E-state index contributed by atoms with van der Waals surface area (Å²) in [6.45, 7) is 2.24. The minimum atomic E-state index is 0.259. The Hall–Kier alpha value is -0.0400. The van der Waals surface area contributed by atoms with Gasteiger partial charge < -0.3 is 4.79 Å². The molecule has 1 unspecified atom stereocenters. The van der Waals surface area contributed by atoms with Gasteiger partial charge in [-0.3, -0.25) is 0 Å². The van der Waals surface area contributed by atoms with Crippen LogP contribution in [0.15, 0.2) is 0 Å². The van der Waals surface area contributed by atoms with E-state index in [4.69, 9.17) is 11.6 Å². The van der Waals surface area contributed by atoms with E-state index in [2.05, 4.69) is 6.92 Å². The monoisotopic (exact) mass is 246 g/mol. The Bertz CT molecular complexity index is 148. The molecule has 0 aromatic carbocycles. The third-order valence-corrected chi connectivity index (χ3v) is 3.35. The van der Waals surface area contributed by atoms with Crippen molar-refractivity contribution in [3.8, 4) is 0 Å². The van der Waals surface area contributed by atoms with Crippen molar-refractivity contribution in [2.75, 3.05) is 5.88 Å². The predicted molar refractivity (Wildman–Crippen MR) is 72.1 cm³/mol. The highest BCUT2D eigenvalue weighted by Crippen LogP contribution is 2.15. The molecule has 0 aliphatic carbocycles. The summed E-state index contributed by atoms with van der Waals surface area (Å²) in [6, 6.07) is 0. The van der Waals surface area contributed by atoms with Crippen LogP contribution in [-0.2, 0) is 4.79 Å². The van der Waals surface area contributed by atoms with E-state index in [1.807, 2.05) is 0 Å². The number of carbonyl (C=O) groups excluding carboxylic acids is 1. The first-order chi connectivity index (χ1) is 7.85. The Morgan fingerprint density at radius 3 is 2.06 bits per heavy atom. The zero-order valence-electron chi connectivity index (χ0n) is 10.7. The average molecular weight is 247 g/mol. The Kier molecular flexibility index (Phi) is 13.0. The molecule has 0 amide bonds. The maximum Gasteiger partial charge on any atom is 0.123 e. The molecule has 0 bridgehead atoms. The molecule has 1 nitrogen and oxygen atoms in total. The average Bonchev–Trinajstić information content (AvgIpc) is 2.32. The molecule has 96 valence electrons. The molecule has 0 N–H and O–H groups in total. The molecule has 0 heterocycles. The van der Waals surface area contributed by atoms with Gasteiger partial charge in [-0.25, -0.2) is 0 Å².